The van der Waals surface area contributed by atoms with Gasteiger partial charge in [-0.1, -0.05) is 24.3 Å². The number of hydrogen-bond acceptors (Lipinski definition) is 4. The first-order chi connectivity index (χ1) is 14.4. The van der Waals surface area contributed by atoms with E-state index in [0.717, 1.165) is 30.5 Å². The molecule has 1 amide bonds. The summed E-state index contributed by atoms with van der Waals surface area (Å²) in [6.45, 7) is 3.77. The van der Waals surface area contributed by atoms with Crippen LogP contribution in [0.3, 0.4) is 0 Å². The zero-order valence-electron chi connectivity index (χ0n) is 17.6. The first-order valence-electron chi connectivity index (χ1n) is 10.6. The number of carbonyl (C=O) groups excluding carboxylic acids is 1. The highest BCUT2D eigenvalue weighted by Crippen LogP contribution is 2.27. The molecule has 160 valence electrons. The molecule has 2 aromatic carbocycles. The molecule has 2 aromatic rings. The van der Waals surface area contributed by atoms with Gasteiger partial charge in [0.2, 0.25) is 15.9 Å². The average Bonchev–Trinajstić information content (AvgIpc) is 3.26. The van der Waals surface area contributed by atoms with Crippen LogP contribution in [0.15, 0.2) is 53.4 Å². The standard InChI is InChI=1S/C23H29N3O3S/c1-18(23(27)24(2)21-9-4-3-5-10-21)25-13-15-26(16-14-25)30(28,29)22-12-11-19-7-6-8-20(19)17-22/h3-5,9-12,17-18H,6-8,13-16H2,1-2H3/t18-/m0/s1. The molecule has 0 N–H and O–H groups in total. The lowest BCUT2D eigenvalue weighted by molar-refractivity contribution is -0.123. The number of nitrogens with zero attached hydrogens (tertiary/aromatic N) is 3. The lowest BCUT2D eigenvalue weighted by atomic mass is 10.1. The quantitative estimate of drug-likeness (QED) is 0.736. The van der Waals surface area contributed by atoms with Crippen LogP contribution >= 0.6 is 0 Å². The molecule has 0 bridgehead atoms. The molecule has 0 aromatic heterocycles. The van der Waals surface area contributed by atoms with Gasteiger partial charge in [-0.15, -0.1) is 0 Å². The Labute approximate surface area is 179 Å². The molecular formula is C23H29N3O3S. The minimum absolute atomic E-state index is 0.0103. The predicted octanol–water partition coefficient (Wildman–Crippen LogP) is 2.53. The molecule has 1 atom stereocenters. The van der Waals surface area contributed by atoms with Crippen molar-refractivity contribution in [1.82, 2.24) is 9.21 Å². The Morgan fingerprint density at radius 3 is 2.33 bits per heavy atom. The largest absolute Gasteiger partial charge is 0.314 e. The van der Waals surface area contributed by atoms with Gasteiger partial charge in [0.25, 0.3) is 0 Å². The van der Waals surface area contributed by atoms with Gasteiger partial charge < -0.3 is 4.90 Å². The molecule has 7 heteroatoms. The van der Waals surface area contributed by atoms with Crippen LogP contribution in [-0.2, 0) is 27.7 Å². The monoisotopic (exact) mass is 427 g/mol. The van der Waals surface area contributed by atoms with E-state index in [1.807, 2.05) is 49.4 Å². The van der Waals surface area contributed by atoms with E-state index in [1.165, 1.54) is 5.56 Å². The Hall–Kier alpha value is -2.22. The minimum atomic E-state index is -3.50. The third-order valence-corrected chi connectivity index (χ3v) is 8.25. The summed E-state index contributed by atoms with van der Waals surface area (Å²) < 4.78 is 27.8. The minimum Gasteiger partial charge on any atom is -0.314 e. The number of para-hydroxylation sites is 1. The van der Waals surface area contributed by atoms with E-state index in [1.54, 1.807) is 22.3 Å². The van der Waals surface area contributed by atoms with Crippen molar-refractivity contribution in [2.45, 2.75) is 37.1 Å². The summed E-state index contributed by atoms with van der Waals surface area (Å²) in [5.41, 5.74) is 3.29. The lowest BCUT2D eigenvalue weighted by Crippen LogP contribution is -2.55. The Morgan fingerprint density at radius 1 is 0.967 bits per heavy atom. The smallest absolute Gasteiger partial charge is 0.243 e. The first-order valence-corrected chi connectivity index (χ1v) is 12.0. The maximum atomic E-state index is 13.1. The number of piperazine rings is 1. The summed E-state index contributed by atoms with van der Waals surface area (Å²) in [4.78, 5) is 17.0. The summed E-state index contributed by atoms with van der Waals surface area (Å²) in [5.74, 6) is 0.0103. The maximum Gasteiger partial charge on any atom is 0.243 e. The Balaban J connectivity index is 1.40. The van der Waals surface area contributed by atoms with Crippen molar-refractivity contribution in [3.05, 3.63) is 59.7 Å². The normalized spacial score (nSPS) is 18.7. The van der Waals surface area contributed by atoms with Gasteiger partial charge in [-0.25, -0.2) is 8.42 Å². The molecule has 0 radical (unpaired) electrons. The molecule has 1 aliphatic carbocycles. The number of sulfonamides is 1. The van der Waals surface area contributed by atoms with Crippen molar-refractivity contribution in [1.29, 1.82) is 0 Å². The summed E-state index contributed by atoms with van der Waals surface area (Å²) in [6.07, 6.45) is 3.10. The fourth-order valence-electron chi connectivity index (χ4n) is 4.40. The van der Waals surface area contributed by atoms with Crippen LogP contribution in [0, 0.1) is 0 Å². The van der Waals surface area contributed by atoms with Gasteiger partial charge in [0, 0.05) is 38.9 Å². The average molecular weight is 428 g/mol. The number of benzene rings is 2. The summed E-state index contributed by atoms with van der Waals surface area (Å²) in [5, 5.41) is 0. The molecular weight excluding hydrogens is 398 g/mol. The van der Waals surface area contributed by atoms with Crippen molar-refractivity contribution in [3.63, 3.8) is 0 Å². The van der Waals surface area contributed by atoms with E-state index in [2.05, 4.69) is 4.90 Å². The van der Waals surface area contributed by atoms with E-state index < -0.39 is 10.0 Å². The fraction of sp³-hybridized carbons (Fsp3) is 0.435. The van der Waals surface area contributed by atoms with E-state index in [0.29, 0.717) is 31.1 Å². The molecule has 1 aliphatic heterocycles. The van der Waals surface area contributed by atoms with Crippen LogP contribution in [0.5, 0.6) is 0 Å². The van der Waals surface area contributed by atoms with Gasteiger partial charge in [0.05, 0.1) is 10.9 Å². The summed E-state index contributed by atoms with van der Waals surface area (Å²) >= 11 is 0. The Bertz CT molecular complexity index is 1020. The molecule has 0 unspecified atom stereocenters. The summed E-state index contributed by atoms with van der Waals surface area (Å²) in [7, 11) is -1.72. The summed E-state index contributed by atoms with van der Waals surface area (Å²) in [6, 6.07) is 14.8. The van der Waals surface area contributed by atoms with Gasteiger partial charge in [-0.3, -0.25) is 9.69 Å². The van der Waals surface area contributed by atoms with Crippen LogP contribution < -0.4 is 4.90 Å². The third-order valence-electron chi connectivity index (χ3n) is 6.36. The highest BCUT2D eigenvalue weighted by molar-refractivity contribution is 7.89. The number of carbonyl (C=O) groups is 1. The number of hydrogen-bond donors (Lipinski definition) is 0. The second-order valence-electron chi connectivity index (χ2n) is 8.13. The molecule has 1 heterocycles. The first kappa shape index (κ1) is 21.0. The molecule has 30 heavy (non-hydrogen) atoms. The van der Waals surface area contributed by atoms with E-state index >= 15 is 0 Å². The lowest BCUT2D eigenvalue weighted by Gasteiger charge is -2.37. The molecule has 0 saturated carbocycles. The number of aryl methyl sites for hydroxylation is 2. The van der Waals surface area contributed by atoms with Crippen LogP contribution in [-0.4, -0.2) is 62.8 Å². The second kappa shape index (κ2) is 8.49. The van der Waals surface area contributed by atoms with Gasteiger partial charge in [0.15, 0.2) is 0 Å². The molecule has 4 rings (SSSR count). The molecule has 1 fully saturated rings. The van der Waals surface area contributed by atoms with Crippen LogP contribution in [0.4, 0.5) is 5.69 Å². The number of rotatable bonds is 5. The van der Waals surface area contributed by atoms with Crippen molar-refractivity contribution in [2.24, 2.45) is 0 Å². The van der Waals surface area contributed by atoms with Gasteiger partial charge in [-0.05, 0) is 61.6 Å². The van der Waals surface area contributed by atoms with Crippen molar-refractivity contribution in [2.75, 3.05) is 38.1 Å². The third kappa shape index (κ3) is 4.02. The SMILES string of the molecule is C[C@@H](C(=O)N(C)c1ccccc1)N1CCN(S(=O)(=O)c2ccc3c(c2)CCC3)CC1. The molecule has 0 spiro atoms. The number of fused-ring (bicyclic) bond motifs is 1. The predicted molar refractivity (Wildman–Crippen MR) is 118 cm³/mol. The van der Waals surface area contributed by atoms with Crippen LogP contribution in [0.2, 0.25) is 0 Å². The van der Waals surface area contributed by atoms with Crippen LogP contribution in [0.1, 0.15) is 24.5 Å². The topological polar surface area (TPSA) is 60.9 Å². The maximum absolute atomic E-state index is 13.1. The Kier molecular flexibility index (Phi) is 5.95. The highest BCUT2D eigenvalue weighted by atomic mass is 32.2. The van der Waals surface area contributed by atoms with Crippen molar-refractivity contribution in [3.8, 4) is 0 Å². The zero-order chi connectivity index (χ0) is 21.3. The number of anilines is 1. The van der Waals surface area contributed by atoms with Crippen molar-refractivity contribution >= 4 is 21.6 Å². The zero-order valence-corrected chi connectivity index (χ0v) is 18.4. The van der Waals surface area contributed by atoms with E-state index in [-0.39, 0.29) is 11.9 Å². The molecule has 1 saturated heterocycles. The van der Waals surface area contributed by atoms with E-state index in [9.17, 15) is 13.2 Å². The van der Waals surface area contributed by atoms with Gasteiger partial charge in [0.1, 0.15) is 0 Å². The van der Waals surface area contributed by atoms with Gasteiger partial charge >= 0.3 is 0 Å². The Morgan fingerprint density at radius 2 is 1.63 bits per heavy atom. The highest BCUT2D eigenvalue weighted by Gasteiger charge is 2.33. The van der Waals surface area contributed by atoms with Crippen LogP contribution in [0.25, 0.3) is 0 Å². The molecule has 2 aliphatic rings. The number of likely N-dealkylation sites (N-methyl/N-ethyl adjacent to an activating group) is 1. The molecule has 6 nitrogen and oxygen atoms in total. The fourth-order valence-corrected chi connectivity index (χ4v) is 5.88. The second-order valence-corrected chi connectivity index (χ2v) is 10.1. The number of amides is 1. The van der Waals surface area contributed by atoms with Gasteiger partial charge in [-0.2, -0.15) is 4.31 Å². The van der Waals surface area contributed by atoms with Crippen molar-refractivity contribution < 1.29 is 13.2 Å². The van der Waals surface area contributed by atoms with E-state index in [4.69, 9.17) is 0 Å².